The lowest BCUT2D eigenvalue weighted by Gasteiger charge is -2.35. The van der Waals surface area contributed by atoms with Crippen LogP contribution in [-0.4, -0.2) is 163 Å². The summed E-state index contributed by atoms with van der Waals surface area (Å²) in [5.74, 6) is -7.60. The number of hydrogen-bond donors (Lipinski definition) is 2. The second-order valence-electron chi connectivity index (χ2n) is 22.1. The summed E-state index contributed by atoms with van der Waals surface area (Å²) in [6.45, 7) is 26.0. The summed E-state index contributed by atoms with van der Waals surface area (Å²) in [7, 11) is 5.50. The molecule has 1 fully saturated rings. The zero-order valence-electron chi connectivity index (χ0n) is 53.3. The van der Waals surface area contributed by atoms with Crippen LogP contribution in [0.2, 0.25) is 0 Å². The third kappa shape index (κ3) is 24.4. The minimum atomic E-state index is -1.55. The fraction of sp³-hybridized carbons (Fsp3) is 0.603. The smallest absolute Gasteiger partial charge is 0.329 e. The number of hydrogen-bond acceptors (Lipinski definition) is 15. The number of cyclic esters (lactones) is 4. The van der Waals surface area contributed by atoms with Gasteiger partial charge in [0.15, 0.2) is 24.4 Å². The van der Waals surface area contributed by atoms with Gasteiger partial charge in [-0.25, -0.2) is 24.2 Å². The molecule has 0 radical (unpaired) electrons. The highest BCUT2D eigenvalue weighted by atomic mass is 16.6. The van der Waals surface area contributed by atoms with Crippen LogP contribution >= 0.6 is 0 Å². The summed E-state index contributed by atoms with van der Waals surface area (Å²) in [5, 5.41) is 0. The van der Waals surface area contributed by atoms with E-state index >= 15 is 0 Å². The molecule has 4 N–H and O–H groups in total. The van der Waals surface area contributed by atoms with Gasteiger partial charge >= 0.3 is 23.9 Å². The SMILES string of the molecule is CC.CC.CC(C)C[C@H]1C(=O)O[C@H](Cc2ccc(CN=CN=CN)cc2)C(=O)N(C)[C@@H](CC(C)C)C(=O)O[C@H](C)C(=O)N(C)[C@@H](CC(C)C)C(=O)O[C@H](Cc2ccc(CN=CC=CN)cc2)C(=O)N(C)[C@@H](CC(C)C)C(=O)O[C@H](C)C(=O)N1C. The third-order valence-electron chi connectivity index (χ3n) is 13.4. The predicted molar refractivity (Wildman–Crippen MR) is 328 cm³/mol. The first-order chi connectivity index (χ1) is 39.7. The summed E-state index contributed by atoms with van der Waals surface area (Å²) < 4.78 is 24.1. The van der Waals surface area contributed by atoms with Gasteiger partial charge in [0.2, 0.25) is 0 Å². The summed E-state index contributed by atoms with van der Waals surface area (Å²) in [6.07, 6.45) is 0.817. The molecule has 21 nitrogen and oxygen atoms in total. The van der Waals surface area contributed by atoms with Crippen molar-refractivity contribution in [3.63, 3.8) is 0 Å². The fourth-order valence-electron chi connectivity index (χ4n) is 8.97. The highest BCUT2D eigenvalue weighted by Gasteiger charge is 2.43. The quantitative estimate of drug-likeness (QED) is 0.0643. The van der Waals surface area contributed by atoms with Gasteiger partial charge in [0.05, 0.1) is 19.4 Å². The Morgan fingerprint density at radius 3 is 1.04 bits per heavy atom. The van der Waals surface area contributed by atoms with E-state index in [0.717, 1.165) is 37.1 Å². The van der Waals surface area contributed by atoms with Crippen molar-refractivity contribution in [3.8, 4) is 0 Å². The third-order valence-corrected chi connectivity index (χ3v) is 13.4. The minimum Gasteiger partial charge on any atom is -0.451 e. The van der Waals surface area contributed by atoms with E-state index in [0.29, 0.717) is 17.7 Å². The molecule has 0 aromatic heterocycles. The van der Waals surface area contributed by atoms with Gasteiger partial charge in [-0.2, -0.15) is 0 Å². The molecule has 1 aliphatic heterocycles. The molecule has 2 aromatic rings. The monoisotopic (exact) mass is 1170 g/mol. The van der Waals surface area contributed by atoms with Crippen LogP contribution in [0.15, 0.2) is 75.8 Å². The van der Waals surface area contributed by atoms with Crippen LogP contribution in [0.4, 0.5) is 0 Å². The number of aliphatic imine (C=N–C) groups is 3. The summed E-state index contributed by atoms with van der Waals surface area (Å²) in [4.78, 5) is 134. The van der Waals surface area contributed by atoms with Crippen LogP contribution < -0.4 is 11.5 Å². The van der Waals surface area contributed by atoms with Gasteiger partial charge < -0.3 is 50.0 Å². The number of ether oxygens (including phenoxy) is 4. The van der Waals surface area contributed by atoms with E-state index in [9.17, 15) is 38.4 Å². The molecule has 2 aromatic carbocycles. The molecule has 0 unspecified atom stereocenters. The number of rotatable bonds is 18. The van der Waals surface area contributed by atoms with Gasteiger partial charge in [0.1, 0.15) is 30.5 Å². The highest BCUT2D eigenvalue weighted by molar-refractivity contribution is 5.94. The van der Waals surface area contributed by atoms with Gasteiger partial charge in [-0.3, -0.25) is 29.2 Å². The largest absolute Gasteiger partial charge is 0.451 e. The molecule has 0 aliphatic carbocycles. The van der Waals surface area contributed by atoms with Gasteiger partial charge in [0.25, 0.3) is 23.6 Å². The number of esters is 4. The zero-order chi connectivity index (χ0) is 64.0. The lowest BCUT2D eigenvalue weighted by molar-refractivity contribution is -0.176. The normalized spacial score (nSPS) is 22.6. The van der Waals surface area contributed by atoms with E-state index in [1.807, 2.05) is 95.2 Å². The highest BCUT2D eigenvalue weighted by Crippen LogP contribution is 2.25. The van der Waals surface area contributed by atoms with Crippen molar-refractivity contribution in [1.82, 2.24) is 19.6 Å². The van der Waals surface area contributed by atoms with Gasteiger partial charge in [-0.15, -0.1) is 0 Å². The van der Waals surface area contributed by atoms with E-state index in [1.165, 1.54) is 54.6 Å². The van der Waals surface area contributed by atoms with E-state index in [4.69, 9.17) is 30.4 Å². The molecular weight excluding hydrogens is 1070 g/mol. The number of nitrogens with zero attached hydrogens (tertiary/aromatic N) is 7. The van der Waals surface area contributed by atoms with E-state index < -0.39 is 96.1 Å². The molecule has 1 aliphatic rings. The van der Waals surface area contributed by atoms with Crippen molar-refractivity contribution >= 4 is 66.4 Å². The molecule has 84 heavy (non-hydrogen) atoms. The maximum atomic E-state index is 14.9. The Kier molecular flexibility index (Phi) is 34.1. The first-order valence-corrected chi connectivity index (χ1v) is 29.3. The van der Waals surface area contributed by atoms with Crippen LogP contribution in [0.25, 0.3) is 0 Å². The second-order valence-corrected chi connectivity index (χ2v) is 22.1. The Hall–Kier alpha value is -7.45. The van der Waals surface area contributed by atoms with Crippen LogP contribution in [0.3, 0.4) is 0 Å². The van der Waals surface area contributed by atoms with Crippen molar-refractivity contribution in [1.29, 1.82) is 0 Å². The fourth-order valence-corrected chi connectivity index (χ4v) is 8.97. The molecule has 1 heterocycles. The maximum absolute atomic E-state index is 14.9. The molecule has 0 spiro atoms. The molecule has 21 heteroatoms. The standard InChI is InChI=1S/C59H87N9O12.2C2H6/c1-36(2)26-46-56(73)77-41(10)53(70)66(12)49(29-39(7)8)59(76)80-51(31-43-18-22-45(23-19-43)33-63-35-64-34-61)55(72)68(14)47(27-37(3)4)57(74)78-40(9)52(69)65(11)48(28-38(5)6)58(75)79-50(54(71)67(46)13)30-42-16-20-44(21-17-42)32-62-25-15-24-60;2*1-2/h15-25,34-41,46-51H,26-33,60H2,1-14H3,(H2,61,63,64);2*1-2H3/t40-,41-,46+,47+,48+,49+,50-,51-;;/m1../s1. The molecule has 3 rings (SSSR count). The Labute approximate surface area is 500 Å². The van der Waals surface area contributed by atoms with Crippen LogP contribution in [0.5, 0.6) is 0 Å². The molecule has 1 saturated heterocycles. The topological polar surface area (TPSA) is 276 Å². The van der Waals surface area contributed by atoms with Crippen molar-refractivity contribution in [2.45, 2.75) is 197 Å². The van der Waals surface area contributed by atoms with Crippen molar-refractivity contribution < 1.29 is 57.3 Å². The molecule has 468 valence electrons. The molecule has 0 bridgehead atoms. The van der Waals surface area contributed by atoms with Crippen LogP contribution in [0, 0.1) is 23.7 Å². The predicted octanol–water partition coefficient (Wildman–Crippen LogP) is 7.28. The van der Waals surface area contributed by atoms with Gasteiger partial charge in [0, 0.05) is 47.2 Å². The summed E-state index contributed by atoms with van der Waals surface area (Å²) >= 11 is 0. The first-order valence-electron chi connectivity index (χ1n) is 29.3. The van der Waals surface area contributed by atoms with E-state index in [2.05, 4.69) is 15.0 Å². The number of carbonyl (C=O) groups excluding carboxylic acids is 8. The van der Waals surface area contributed by atoms with E-state index in [-0.39, 0.29) is 68.7 Å². The maximum Gasteiger partial charge on any atom is 0.329 e. The number of likely N-dealkylation sites (N-methyl/N-ethyl adjacent to an activating group) is 4. The number of amides is 4. The Morgan fingerprint density at radius 2 is 0.738 bits per heavy atom. The lowest BCUT2D eigenvalue weighted by atomic mass is 9.99. The minimum absolute atomic E-state index is 0.0684. The summed E-state index contributed by atoms with van der Waals surface area (Å²) in [6, 6.07) is 9.00. The van der Waals surface area contributed by atoms with Crippen molar-refractivity contribution in [2.75, 3.05) is 28.2 Å². The number of carbonyl (C=O) groups is 8. The van der Waals surface area contributed by atoms with Crippen LogP contribution in [-0.2, 0) is 83.2 Å². The Bertz CT molecular complexity index is 2320. The molecule has 0 saturated carbocycles. The first kappa shape index (κ1) is 74.6. The number of benzene rings is 2. The lowest BCUT2D eigenvalue weighted by Crippen LogP contribution is -2.55. The Morgan fingerprint density at radius 1 is 0.452 bits per heavy atom. The average Bonchev–Trinajstić information content (AvgIpc) is 3.67. The number of nitrogens with two attached hydrogens (primary N) is 2. The van der Waals surface area contributed by atoms with Crippen LogP contribution in [0.1, 0.15) is 145 Å². The van der Waals surface area contributed by atoms with E-state index in [1.54, 1.807) is 48.7 Å². The van der Waals surface area contributed by atoms with Gasteiger partial charge in [-0.1, -0.05) is 132 Å². The summed E-state index contributed by atoms with van der Waals surface area (Å²) in [5.41, 5.74) is 13.5. The van der Waals surface area contributed by atoms with Crippen molar-refractivity contribution in [2.24, 2.45) is 50.1 Å². The second kappa shape index (κ2) is 38.4. The number of allylic oxidation sites excluding steroid dienone is 1. The van der Waals surface area contributed by atoms with Gasteiger partial charge in [-0.05, 0) is 97.7 Å². The molecule has 4 amide bonds. The molecular formula is C63H99N9O12. The molecule has 8 atom stereocenters. The average molecular weight is 1170 g/mol. The Balaban J connectivity index is 0.00000862. The zero-order valence-corrected chi connectivity index (χ0v) is 53.3. The van der Waals surface area contributed by atoms with Crippen molar-refractivity contribution in [3.05, 3.63) is 83.1 Å².